The Kier molecular flexibility index (Phi) is 9.43. The van der Waals surface area contributed by atoms with Gasteiger partial charge >= 0.3 is 23.6 Å². The van der Waals surface area contributed by atoms with Crippen LogP contribution in [0, 0.1) is 56.5 Å². The summed E-state index contributed by atoms with van der Waals surface area (Å²) in [4.78, 5) is 47.1. The summed E-state index contributed by atoms with van der Waals surface area (Å²) in [5.74, 6) is 1.09. The number of carboxylic acids is 2. The molecule has 0 spiro atoms. The van der Waals surface area contributed by atoms with Gasteiger partial charge in [0.05, 0.1) is 10.6 Å². The molecule has 0 amide bonds. The maximum atomic E-state index is 13.6. The predicted octanol–water partition coefficient (Wildman–Crippen LogP) is 6.85. The SMILES string of the molecule is C[C@H](CCC(=O)O)[C@H]1CC[C@H]2[C@@H]3CC[C@@H]4C[C@H](OC(=O)[C@H](CCC(=O)O)Nc5ccc([N+](=O)[O-])c6nonc56)CC[C@]4(C)[C@H]3CC[C@]12C. The highest BCUT2D eigenvalue weighted by molar-refractivity contribution is 5.95. The highest BCUT2D eigenvalue weighted by atomic mass is 16.6. The van der Waals surface area contributed by atoms with Gasteiger partial charge in [0.1, 0.15) is 12.1 Å². The Morgan fingerprint density at radius 3 is 2.40 bits per heavy atom. The first kappa shape index (κ1) is 34.1. The molecule has 0 radical (unpaired) electrons. The molecule has 1 aromatic heterocycles. The average molecular weight is 669 g/mol. The number of benzene rings is 1. The van der Waals surface area contributed by atoms with Gasteiger partial charge in [0.2, 0.25) is 5.52 Å². The lowest BCUT2D eigenvalue weighted by atomic mass is 9.44. The van der Waals surface area contributed by atoms with Gasteiger partial charge in [-0.05, 0) is 133 Å². The minimum absolute atomic E-state index is 0.0361. The van der Waals surface area contributed by atoms with Crippen LogP contribution in [0.3, 0.4) is 0 Å². The largest absolute Gasteiger partial charge is 0.481 e. The van der Waals surface area contributed by atoms with E-state index in [1.54, 1.807) is 0 Å². The molecule has 13 nitrogen and oxygen atoms in total. The molecule has 4 saturated carbocycles. The van der Waals surface area contributed by atoms with E-state index in [1.165, 1.54) is 44.2 Å². The lowest BCUT2D eigenvalue weighted by Gasteiger charge is -2.61. The Hall–Kier alpha value is -3.77. The maximum Gasteiger partial charge on any atom is 0.328 e. The summed E-state index contributed by atoms with van der Waals surface area (Å²) in [6.07, 6.45) is 9.99. The van der Waals surface area contributed by atoms with Gasteiger partial charge in [0.25, 0.3) is 0 Å². The third kappa shape index (κ3) is 6.24. The number of hydrogen-bond donors (Lipinski definition) is 3. The zero-order chi connectivity index (χ0) is 34.4. The molecule has 4 aliphatic carbocycles. The van der Waals surface area contributed by atoms with E-state index in [0.717, 1.165) is 32.1 Å². The van der Waals surface area contributed by atoms with Gasteiger partial charge in [0.15, 0.2) is 5.52 Å². The lowest BCUT2D eigenvalue weighted by Crippen LogP contribution is -2.54. The molecular formula is C35H48N4O9. The van der Waals surface area contributed by atoms with Gasteiger partial charge in [0, 0.05) is 18.9 Å². The zero-order valence-electron chi connectivity index (χ0n) is 28.1. The molecule has 0 aliphatic heterocycles. The second-order valence-corrected chi connectivity index (χ2v) is 15.6. The van der Waals surface area contributed by atoms with Crippen LogP contribution in [0.15, 0.2) is 16.8 Å². The number of fused-ring (bicyclic) bond motifs is 6. The van der Waals surface area contributed by atoms with Crippen LogP contribution >= 0.6 is 0 Å². The minimum Gasteiger partial charge on any atom is -0.481 e. The number of rotatable bonds is 12. The molecular weight excluding hydrogens is 620 g/mol. The Morgan fingerprint density at radius 1 is 0.979 bits per heavy atom. The lowest BCUT2D eigenvalue weighted by molar-refractivity contribution is -0.383. The van der Waals surface area contributed by atoms with Crippen molar-refractivity contribution in [2.75, 3.05) is 5.32 Å². The maximum absolute atomic E-state index is 13.6. The Bertz CT molecular complexity index is 1560. The standard InChI is InChI=1S/C35H48N4O9/c1-19(4-12-29(40)41)23-7-8-24-22-6-5-20-18-21(14-16-34(20,2)25(22)15-17-35(23,24)3)47-33(44)27(10-13-30(42)43)36-26-9-11-28(39(45)46)32-31(26)37-48-38-32/h9,11,19-25,27,36H,4-8,10,12-18H2,1-3H3,(H,40,41)(H,42,43)/t19-,20-,21-,22+,23-,24+,25+,27+,34+,35-/m1/s1. The predicted molar refractivity (Wildman–Crippen MR) is 174 cm³/mol. The van der Waals surface area contributed by atoms with Crippen molar-refractivity contribution in [2.45, 2.75) is 116 Å². The Balaban J connectivity index is 1.11. The average Bonchev–Trinajstić information content (AvgIpc) is 3.67. The number of aliphatic carboxylic acids is 2. The zero-order valence-corrected chi connectivity index (χ0v) is 28.1. The molecule has 0 saturated heterocycles. The molecule has 0 bridgehead atoms. The van der Waals surface area contributed by atoms with Crippen molar-refractivity contribution < 1.29 is 38.9 Å². The number of aromatic nitrogens is 2. The fourth-order valence-electron chi connectivity index (χ4n) is 10.9. The van der Waals surface area contributed by atoms with E-state index in [0.29, 0.717) is 35.5 Å². The molecule has 4 fully saturated rings. The molecule has 262 valence electrons. The van der Waals surface area contributed by atoms with Crippen molar-refractivity contribution in [2.24, 2.45) is 46.3 Å². The van der Waals surface area contributed by atoms with Crippen molar-refractivity contribution in [3.8, 4) is 0 Å². The van der Waals surface area contributed by atoms with E-state index >= 15 is 0 Å². The Labute approximate surface area is 279 Å². The number of anilines is 1. The third-order valence-electron chi connectivity index (χ3n) is 13.3. The summed E-state index contributed by atoms with van der Waals surface area (Å²) in [7, 11) is 0. The molecule has 3 N–H and O–H groups in total. The van der Waals surface area contributed by atoms with Gasteiger partial charge in [-0.2, -0.15) is 0 Å². The van der Waals surface area contributed by atoms with E-state index in [-0.39, 0.29) is 58.6 Å². The van der Waals surface area contributed by atoms with Crippen molar-refractivity contribution in [3.63, 3.8) is 0 Å². The highest BCUT2D eigenvalue weighted by Crippen LogP contribution is 2.68. The molecule has 13 heteroatoms. The molecule has 10 atom stereocenters. The number of nitrogens with zero attached hydrogens (tertiary/aromatic N) is 3. The van der Waals surface area contributed by atoms with Crippen LogP contribution in [0.1, 0.15) is 104 Å². The minimum atomic E-state index is -1.05. The smallest absolute Gasteiger partial charge is 0.328 e. The van der Waals surface area contributed by atoms with Gasteiger partial charge in [-0.15, -0.1) is 0 Å². The summed E-state index contributed by atoms with van der Waals surface area (Å²) < 4.78 is 10.8. The van der Waals surface area contributed by atoms with Crippen LogP contribution in [0.5, 0.6) is 0 Å². The molecule has 1 aromatic carbocycles. The van der Waals surface area contributed by atoms with Gasteiger partial charge in [-0.3, -0.25) is 19.7 Å². The summed E-state index contributed by atoms with van der Waals surface area (Å²) >= 11 is 0. The summed E-state index contributed by atoms with van der Waals surface area (Å²) in [5, 5.41) is 40.5. The van der Waals surface area contributed by atoms with Gasteiger partial charge in [-0.25, -0.2) is 9.42 Å². The summed E-state index contributed by atoms with van der Waals surface area (Å²) in [6.45, 7) is 7.21. The van der Waals surface area contributed by atoms with E-state index in [9.17, 15) is 34.7 Å². The number of carboxylic acid groups (broad SMARTS) is 2. The first-order valence-corrected chi connectivity index (χ1v) is 17.6. The summed E-state index contributed by atoms with van der Waals surface area (Å²) in [6, 6.07) is 1.65. The van der Waals surface area contributed by atoms with E-state index in [2.05, 4.69) is 36.4 Å². The number of nitro benzene ring substituents is 1. The van der Waals surface area contributed by atoms with Gasteiger partial charge < -0.3 is 20.3 Å². The van der Waals surface area contributed by atoms with Crippen molar-refractivity contribution in [1.29, 1.82) is 0 Å². The second-order valence-electron chi connectivity index (χ2n) is 15.6. The number of hydrogen-bond acceptors (Lipinski definition) is 10. The quantitative estimate of drug-likeness (QED) is 0.121. The number of nitro groups is 1. The highest BCUT2D eigenvalue weighted by Gasteiger charge is 2.60. The van der Waals surface area contributed by atoms with Crippen LogP contribution in [0.2, 0.25) is 0 Å². The van der Waals surface area contributed by atoms with Crippen LogP contribution < -0.4 is 5.32 Å². The second kappa shape index (κ2) is 13.3. The number of esters is 1. The first-order chi connectivity index (χ1) is 22.8. The number of nitrogens with one attached hydrogen (secondary N) is 1. The molecule has 2 aromatic rings. The first-order valence-electron chi connectivity index (χ1n) is 17.6. The van der Waals surface area contributed by atoms with Crippen LogP contribution in [-0.4, -0.2) is 55.5 Å². The normalized spacial score (nSPS) is 33.9. The van der Waals surface area contributed by atoms with Crippen LogP contribution in [0.25, 0.3) is 11.0 Å². The van der Waals surface area contributed by atoms with Crippen LogP contribution in [-0.2, 0) is 19.1 Å². The molecule has 1 heterocycles. The number of carbonyl (C=O) groups excluding carboxylic acids is 1. The molecule has 6 rings (SSSR count). The monoisotopic (exact) mass is 668 g/mol. The number of ether oxygens (including phenoxy) is 1. The molecule has 0 unspecified atom stereocenters. The van der Waals surface area contributed by atoms with E-state index < -0.39 is 28.9 Å². The number of carbonyl (C=O) groups is 3. The Morgan fingerprint density at radius 2 is 1.67 bits per heavy atom. The number of non-ortho nitro benzene ring substituents is 1. The fraction of sp³-hybridized carbons (Fsp3) is 0.743. The van der Waals surface area contributed by atoms with Crippen molar-refractivity contribution >= 4 is 40.3 Å². The van der Waals surface area contributed by atoms with Crippen LogP contribution in [0.4, 0.5) is 11.4 Å². The van der Waals surface area contributed by atoms with Gasteiger partial charge in [-0.1, -0.05) is 20.8 Å². The van der Waals surface area contributed by atoms with Crippen molar-refractivity contribution in [3.05, 3.63) is 22.2 Å². The van der Waals surface area contributed by atoms with Crippen molar-refractivity contribution in [1.82, 2.24) is 10.3 Å². The third-order valence-corrected chi connectivity index (χ3v) is 13.3. The molecule has 4 aliphatic rings. The fourth-order valence-corrected chi connectivity index (χ4v) is 10.9. The summed E-state index contributed by atoms with van der Waals surface area (Å²) in [5.41, 5.74) is 0.432. The van der Waals surface area contributed by atoms with E-state index in [4.69, 9.17) is 9.37 Å². The molecule has 48 heavy (non-hydrogen) atoms. The van der Waals surface area contributed by atoms with E-state index in [1.807, 2.05) is 0 Å². The topological polar surface area (TPSA) is 195 Å².